The van der Waals surface area contributed by atoms with Gasteiger partial charge in [0, 0.05) is 24.8 Å². The molecule has 0 aliphatic carbocycles. The topological polar surface area (TPSA) is 107 Å². The van der Waals surface area contributed by atoms with E-state index < -0.39 is 20.6 Å². The Labute approximate surface area is 118 Å². The lowest BCUT2D eigenvalue weighted by Crippen LogP contribution is -2.34. The van der Waals surface area contributed by atoms with E-state index in [4.69, 9.17) is 5.73 Å². The quantitative estimate of drug-likeness (QED) is 0.490. The highest BCUT2D eigenvalue weighted by Gasteiger charge is 2.31. The minimum atomic E-state index is -3.93. The maximum absolute atomic E-state index is 12.5. The molecule has 0 aromatic heterocycles. The molecule has 1 aromatic carbocycles. The maximum atomic E-state index is 12.5. The average molecular weight is 301 g/mol. The lowest BCUT2D eigenvalue weighted by Gasteiger charge is -2.22. The fourth-order valence-electron chi connectivity index (χ4n) is 1.83. The number of hydrogen-bond donors (Lipinski definition) is 1. The second-order valence-corrected chi connectivity index (χ2v) is 6.74. The fraction of sp³-hybridized carbons (Fsp3) is 0.500. The van der Waals surface area contributed by atoms with Crippen molar-refractivity contribution in [1.82, 2.24) is 4.31 Å². The summed E-state index contributed by atoms with van der Waals surface area (Å²) in [6.45, 7) is 5.99. The normalized spacial score (nSPS) is 12.1. The van der Waals surface area contributed by atoms with Gasteiger partial charge in [0.15, 0.2) is 4.90 Å². The number of rotatable bonds is 6. The van der Waals surface area contributed by atoms with Gasteiger partial charge in [0.1, 0.15) is 0 Å². The van der Waals surface area contributed by atoms with E-state index >= 15 is 0 Å². The lowest BCUT2D eigenvalue weighted by atomic mass is 10.2. The third-order valence-electron chi connectivity index (χ3n) is 2.72. The van der Waals surface area contributed by atoms with Gasteiger partial charge in [-0.2, -0.15) is 4.31 Å². The van der Waals surface area contributed by atoms with Gasteiger partial charge < -0.3 is 5.73 Å². The predicted octanol–water partition coefficient (Wildman–Crippen LogP) is 1.84. The van der Waals surface area contributed by atoms with E-state index in [1.54, 1.807) is 6.92 Å². The van der Waals surface area contributed by atoms with Crippen LogP contribution in [0, 0.1) is 16.0 Å². The molecule has 0 spiro atoms. The first kappa shape index (κ1) is 16.4. The zero-order valence-electron chi connectivity index (χ0n) is 11.7. The van der Waals surface area contributed by atoms with Gasteiger partial charge in [0.05, 0.1) is 4.92 Å². The van der Waals surface area contributed by atoms with E-state index in [9.17, 15) is 18.5 Å². The molecule has 20 heavy (non-hydrogen) atoms. The summed E-state index contributed by atoms with van der Waals surface area (Å²) < 4.78 is 26.3. The number of benzene rings is 1. The van der Waals surface area contributed by atoms with Crippen LogP contribution in [0.1, 0.15) is 20.8 Å². The van der Waals surface area contributed by atoms with Gasteiger partial charge >= 0.3 is 0 Å². The van der Waals surface area contributed by atoms with Crippen LogP contribution in [0.15, 0.2) is 23.1 Å². The molecule has 0 unspecified atom stereocenters. The number of nitro groups is 1. The molecule has 1 rings (SSSR count). The first-order valence-electron chi connectivity index (χ1n) is 6.24. The van der Waals surface area contributed by atoms with Crippen molar-refractivity contribution >= 4 is 21.4 Å². The van der Waals surface area contributed by atoms with Crippen molar-refractivity contribution in [1.29, 1.82) is 0 Å². The molecule has 0 atom stereocenters. The summed E-state index contributed by atoms with van der Waals surface area (Å²) in [6, 6.07) is 3.57. The molecule has 0 bridgehead atoms. The van der Waals surface area contributed by atoms with E-state index in [0.717, 1.165) is 12.1 Å². The van der Waals surface area contributed by atoms with Crippen LogP contribution >= 0.6 is 0 Å². The molecule has 0 fully saturated rings. The SMILES string of the molecule is CCN(CC(C)C)S(=O)(=O)c1cc(N)ccc1[N+](=O)[O-]. The standard InChI is InChI=1S/C12H19N3O4S/c1-4-14(8-9(2)3)20(18,19)12-7-10(13)5-6-11(12)15(16)17/h5-7,9H,4,8,13H2,1-3H3. The highest BCUT2D eigenvalue weighted by Crippen LogP contribution is 2.28. The van der Waals surface area contributed by atoms with Crippen molar-refractivity contribution in [3.05, 3.63) is 28.3 Å². The summed E-state index contributed by atoms with van der Waals surface area (Å²) in [5.74, 6) is 0.116. The lowest BCUT2D eigenvalue weighted by molar-refractivity contribution is -0.387. The van der Waals surface area contributed by atoms with Crippen LogP contribution in [0.5, 0.6) is 0 Å². The van der Waals surface area contributed by atoms with Crippen LogP contribution in [-0.2, 0) is 10.0 Å². The summed E-state index contributed by atoms with van der Waals surface area (Å²) in [5, 5.41) is 11.0. The number of nitrogen functional groups attached to an aromatic ring is 1. The van der Waals surface area contributed by atoms with Crippen molar-refractivity contribution in [2.75, 3.05) is 18.8 Å². The van der Waals surface area contributed by atoms with Crippen molar-refractivity contribution in [3.8, 4) is 0 Å². The Morgan fingerprint density at radius 1 is 1.40 bits per heavy atom. The summed E-state index contributed by atoms with van der Waals surface area (Å²) in [5.41, 5.74) is 5.28. The van der Waals surface area contributed by atoms with Crippen LogP contribution in [0.4, 0.5) is 11.4 Å². The fourth-order valence-corrected chi connectivity index (χ4v) is 3.64. The predicted molar refractivity (Wildman–Crippen MR) is 76.8 cm³/mol. The maximum Gasteiger partial charge on any atom is 0.289 e. The molecule has 0 saturated heterocycles. The Balaban J connectivity index is 3.40. The van der Waals surface area contributed by atoms with E-state index in [0.29, 0.717) is 6.54 Å². The number of anilines is 1. The van der Waals surface area contributed by atoms with Crippen LogP contribution in [0.3, 0.4) is 0 Å². The van der Waals surface area contributed by atoms with Gasteiger partial charge in [-0.3, -0.25) is 10.1 Å². The van der Waals surface area contributed by atoms with Gasteiger partial charge in [-0.05, 0) is 18.1 Å². The Kier molecular flexibility index (Phi) is 5.07. The minimum absolute atomic E-state index is 0.116. The number of hydrogen-bond acceptors (Lipinski definition) is 5. The Morgan fingerprint density at radius 2 is 2.00 bits per heavy atom. The molecule has 0 aliphatic rings. The van der Waals surface area contributed by atoms with Crippen molar-refractivity contribution in [3.63, 3.8) is 0 Å². The molecule has 1 aromatic rings. The van der Waals surface area contributed by atoms with Crippen LogP contribution in [0.25, 0.3) is 0 Å². The van der Waals surface area contributed by atoms with Gasteiger partial charge in [-0.15, -0.1) is 0 Å². The molecular weight excluding hydrogens is 282 g/mol. The molecule has 7 nitrogen and oxygen atoms in total. The zero-order chi connectivity index (χ0) is 15.5. The molecule has 0 heterocycles. The third-order valence-corrected chi connectivity index (χ3v) is 4.69. The highest BCUT2D eigenvalue weighted by atomic mass is 32.2. The summed E-state index contributed by atoms with van der Waals surface area (Å²) in [4.78, 5) is 9.93. The number of nitro benzene ring substituents is 1. The molecule has 8 heteroatoms. The van der Waals surface area contributed by atoms with Crippen LogP contribution in [0.2, 0.25) is 0 Å². The molecule has 0 aliphatic heterocycles. The first-order chi connectivity index (χ1) is 9.20. The Bertz CT molecular complexity index is 599. The Morgan fingerprint density at radius 3 is 2.45 bits per heavy atom. The Hall–Kier alpha value is -1.67. The summed E-state index contributed by atoms with van der Waals surface area (Å²) in [7, 11) is -3.93. The number of nitrogens with zero attached hydrogens (tertiary/aromatic N) is 2. The highest BCUT2D eigenvalue weighted by molar-refractivity contribution is 7.89. The zero-order valence-corrected chi connectivity index (χ0v) is 12.6. The molecule has 0 radical (unpaired) electrons. The van der Waals surface area contributed by atoms with Crippen LogP contribution in [-0.4, -0.2) is 30.7 Å². The summed E-state index contributed by atoms with van der Waals surface area (Å²) >= 11 is 0. The largest absolute Gasteiger partial charge is 0.399 e. The van der Waals surface area contributed by atoms with Crippen molar-refractivity contribution in [2.24, 2.45) is 5.92 Å². The monoisotopic (exact) mass is 301 g/mol. The molecule has 0 saturated carbocycles. The molecule has 112 valence electrons. The second kappa shape index (κ2) is 6.19. The molecular formula is C12H19N3O4S. The van der Waals surface area contributed by atoms with E-state index in [-0.39, 0.29) is 23.0 Å². The number of nitrogens with two attached hydrogens (primary N) is 1. The van der Waals surface area contributed by atoms with Crippen molar-refractivity contribution in [2.45, 2.75) is 25.7 Å². The van der Waals surface area contributed by atoms with Crippen molar-refractivity contribution < 1.29 is 13.3 Å². The first-order valence-corrected chi connectivity index (χ1v) is 7.68. The van der Waals surface area contributed by atoms with Gasteiger partial charge in [-0.25, -0.2) is 8.42 Å². The van der Waals surface area contributed by atoms with E-state index in [1.807, 2.05) is 13.8 Å². The van der Waals surface area contributed by atoms with Gasteiger partial charge in [0.2, 0.25) is 10.0 Å². The van der Waals surface area contributed by atoms with Gasteiger partial charge in [-0.1, -0.05) is 20.8 Å². The second-order valence-electron chi connectivity index (χ2n) is 4.83. The smallest absolute Gasteiger partial charge is 0.289 e. The van der Waals surface area contributed by atoms with Crippen LogP contribution < -0.4 is 5.73 Å². The number of sulfonamides is 1. The summed E-state index contributed by atoms with van der Waals surface area (Å²) in [6.07, 6.45) is 0. The minimum Gasteiger partial charge on any atom is -0.399 e. The third kappa shape index (κ3) is 3.45. The van der Waals surface area contributed by atoms with E-state index in [1.165, 1.54) is 10.4 Å². The molecule has 2 N–H and O–H groups in total. The molecule has 0 amide bonds. The van der Waals surface area contributed by atoms with E-state index in [2.05, 4.69) is 0 Å². The van der Waals surface area contributed by atoms with Gasteiger partial charge in [0.25, 0.3) is 5.69 Å². The average Bonchev–Trinajstić information content (AvgIpc) is 2.34.